The minimum Gasteiger partial charge on any atom is -0.378 e. The van der Waals surface area contributed by atoms with Gasteiger partial charge in [-0.05, 0) is 39.5 Å². The molecule has 2 unspecified atom stereocenters. The highest BCUT2D eigenvalue weighted by Gasteiger charge is 2.36. The Morgan fingerprint density at radius 2 is 1.89 bits per heavy atom. The Morgan fingerprint density at radius 1 is 1.32 bits per heavy atom. The van der Waals surface area contributed by atoms with Crippen LogP contribution >= 0.6 is 12.4 Å². The zero-order valence-corrected chi connectivity index (χ0v) is 13.0. The molecule has 19 heavy (non-hydrogen) atoms. The van der Waals surface area contributed by atoms with E-state index < -0.39 is 0 Å². The van der Waals surface area contributed by atoms with Gasteiger partial charge in [0.15, 0.2) is 0 Å². The molecule has 2 saturated heterocycles. The van der Waals surface area contributed by atoms with E-state index in [1.807, 2.05) is 25.8 Å². The minimum absolute atomic E-state index is 0. The molecule has 0 aromatic carbocycles. The van der Waals surface area contributed by atoms with Crippen LogP contribution in [0.25, 0.3) is 0 Å². The number of halogens is 1. The predicted molar refractivity (Wildman–Crippen MR) is 78.7 cm³/mol. The Hall–Kier alpha value is -0.320. The fourth-order valence-electron chi connectivity index (χ4n) is 3.11. The molecule has 112 valence electrons. The van der Waals surface area contributed by atoms with Crippen molar-refractivity contribution in [3.05, 3.63) is 0 Å². The molecule has 2 aliphatic heterocycles. The van der Waals surface area contributed by atoms with Crippen LogP contribution in [0.1, 0.15) is 46.0 Å². The van der Waals surface area contributed by atoms with Gasteiger partial charge in [-0.3, -0.25) is 4.79 Å². The topological polar surface area (TPSA) is 41.6 Å². The lowest BCUT2D eigenvalue weighted by Gasteiger charge is -2.35. The summed E-state index contributed by atoms with van der Waals surface area (Å²) < 4.78 is 5.44. The molecular formula is C14H27ClN2O2. The number of piperidine rings is 1. The summed E-state index contributed by atoms with van der Waals surface area (Å²) in [5.74, 6) is 0.224. The Bertz CT molecular complexity index is 287. The zero-order valence-electron chi connectivity index (χ0n) is 12.2. The fourth-order valence-corrected chi connectivity index (χ4v) is 3.11. The van der Waals surface area contributed by atoms with E-state index in [1.165, 1.54) is 12.8 Å². The number of fused-ring (bicyclic) bond motifs is 2. The molecule has 0 spiro atoms. The minimum atomic E-state index is 0. The molecule has 0 saturated carbocycles. The lowest BCUT2D eigenvalue weighted by molar-refractivity contribution is -0.134. The first-order valence-electron chi connectivity index (χ1n) is 7.19. The lowest BCUT2D eigenvalue weighted by Crippen LogP contribution is -2.48. The standard InChI is InChI=1S/C14H26N2O2.ClH/c1-10(2)18-7-6-14(17)16(3)13-8-11-4-5-12(9-13)15-11;/h10-13,15H,4-9H2,1-3H3;1H. The van der Waals surface area contributed by atoms with E-state index in [2.05, 4.69) is 5.32 Å². The third-order valence-corrected chi connectivity index (χ3v) is 4.16. The average Bonchev–Trinajstić information content (AvgIpc) is 2.66. The van der Waals surface area contributed by atoms with Gasteiger partial charge < -0.3 is 15.0 Å². The molecule has 2 bridgehead atoms. The van der Waals surface area contributed by atoms with Gasteiger partial charge in [-0.15, -0.1) is 12.4 Å². The summed E-state index contributed by atoms with van der Waals surface area (Å²) >= 11 is 0. The van der Waals surface area contributed by atoms with Crippen molar-refractivity contribution < 1.29 is 9.53 Å². The van der Waals surface area contributed by atoms with Gasteiger partial charge in [0.2, 0.25) is 5.91 Å². The van der Waals surface area contributed by atoms with Crippen LogP contribution in [0.15, 0.2) is 0 Å². The van der Waals surface area contributed by atoms with Crippen molar-refractivity contribution in [3.63, 3.8) is 0 Å². The SMILES string of the molecule is CC(C)OCCC(=O)N(C)C1CC2CCC(C1)N2.Cl. The number of rotatable bonds is 5. The number of carbonyl (C=O) groups is 1. The third-order valence-electron chi connectivity index (χ3n) is 4.16. The van der Waals surface area contributed by atoms with Crippen LogP contribution in [0.3, 0.4) is 0 Å². The summed E-state index contributed by atoms with van der Waals surface area (Å²) in [5, 5.41) is 3.61. The number of nitrogens with zero attached hydrogens (tertiary/aromatic N) is 1. The second-order valence-electron chi connectivity index (χ2n) is 5.94. The Morgan fingerprint density at radius 3 is 2.42 bits per heavy atom. The molecule has 5 heteroatoms. The Labute approximate surface area is 122 Å². The number of ether oxygens (including phenoxy) is 1. The van der Waals surface area contributed by atoms with Crippen LogP contribution in [-0.4, -0.2) is 48.7 Å². The summed E-state index contributed by atoms with van der Waals surface area (Å²) in [4.78, 5) is 14.0. The summed E-state index contributed by atoms with van der Waals surface area (Å²) in [7, 11) is 1.95. The summed E-state index contributed by atoms with van der Waals surface area (Å²) in [6.45, 7) is 4.54. The molecule has 2 rings (SSSR count). The van der Waals surface area contributed by atoms with Crippen LogP contribution in [-0.2, 0) is 9.53 Å². The van der Waals surface area contributed by atoms with Gasteiger partial charge in [0.1, 0.15) is 0 Å². The quantitative estimate of drug-likeness (QED) is 0.842. The number of nitrogens with one attached hydrogen (secondary N) is 1. The van der Waals surface area contributed by atoms with Crippen molar-refractivity contribution in [2.24, 2.45) is 0 Å². The smallest absolute Gasteiger partial charge is 0.224 e. The molecule has 2 aliphatic rings. The van der Waals surface area contributed by atoms with Crippen molar-refractivity contribution in [1.82, 2.24) is 10.2 Å². The van der Waals surface area contributed by atoms with Crippen LogP contribution in [0.4, 0.5) is 0 Å². The molecule has 1 amide bonds. The average molecular weight is 291 g/mol. The van der Waals surface area contributed by atoms with E-state index in [1.54, 1.807) is 0 Å². The maximum absolute atomic E-state index is 12.1. The highest BCUT2D eigenvalue weighted by atomic mass is 35.5. The molecule has 2 fully saturated rings. The van der Waals surface area contributed by atoms with Gasteiger partial charge in [-0.2, -0.15) is 0 Å². The largest absolute Gasteiger partial charge is 0.378 e. The molecule has 0 aliphatic carbocycles. The van der Waals surface area contributed by atoms with Crippen LogP contribution in [0.2, 0.25) is 0 Å². The third kappa shape index (κ3) is 4.62. The predicted octanol–water partition coefficient (Wildman–Crippen LogP) is 1.96. The van der Waals surface area contributed by atoms with Crippen LogP contribution in [0, 0.1) is 0 Å². The molecule has 0 aromatic rings. The second-order valence-corrected chi connectivity index (χ2v) is 5.94. The molecule has 0 radical (unpaired) electrons. The molecule has 0 aromatic heterocycles. The van der Waals surface area contributed by atoms with E-state index in [0.29, 0.717) is 31.2 Å². The first kappa shape index (κ1) is 16.7. The highest BCUT2D eigenvalue weighted by Crippen LogP contribution is 2.29. The maximum Gasteiger partial charge on any atom is 0.224 e. The molecular weight excluding hydrogens is 264 g/mol. The number of carbonyl (C=O) groups excluding carboxylic acids is 1. The van der Waals surface area contributed by atoms with Crippen molar-refractivity contribution in [3.8, 4) is 0 Å². The van der Waals surface area contributed by atoms with Crippen molar-refractivity contribution in [2.45, 2.75) is 70.2 Å². The Kier molecular flexibility index (Phi) is 6.57. The van der Waals surface area contributed by atoms with Crippen LogP contribution in [0.5, 0.6) is 0 Å². The first-order chi connectivity index (χ1) is 8.56. The molecule has 2 heterocycles. The van der Waals surface area contributed by atoms with Crippen molar-refractivity contribution >= 4 is 18.3 Å². The van der Waals surface area contributed by atoms with Gasteiger partial charge in [-0.1, -0.05) is 0 Å². The number of hydrogen-bond acceptors (Lipinski definition) is 3. The second kappa shape index (κ2) is 7.46. The molecule has 1 N–H and O–H groups in total. The molecule has 4 nitrogen and oxygen atoms in total. The van der Waals surface area contributed by atoms with Crippen LogP contribution < -0.4 is 5.32 Å². The van der Waals surface area contributed by atoms with Gasteiger partial charge in [0.25, 0.3) is 0 Å². The van der Waals surface area contributed by atoms with Crippen molar-refractivity contribution in [2.75, 3.05) is 13.7 Å². The summed E-state index contributed by atoms with van der Waals surface area (Å²) in [5.41, 5.74) is 0. The van der Waals surface area contributed by atoms with E-state index in [0.717, 1.165) is 12.8 Å². The monoisotopic (exact) mass is 290 g/mol. The first-order valence-corrected chi connectivity index (χ1v) is 7.19. The Balaban J connectivity index is 0.00000180. The zero-order chi connectivity index (χ0) is 13.1. The highest BCUT2D eigenvalue weighted by molar-refractivity contribution is 5.85. The van der Waals surface area contributed by atoms with E-state index >= 15 is 0 Å². The number of hydrogen-bond donors (Lipinski definition) is 1. The fraction of sp³-hybridized carbons (Fsp3) is 0.929. The van der Waals surface area contributed by atoms with Gasteiger partial charge >= 0.3 is 0 Å². The maximum atomic E-state index is 12.1. The van der Waals surface area contributed by atoms with Gasteiger partial charge in [0.05, 0.1) is 19.1 Å². The number of amides is 1. The summed E-state index contributed by atoms with van der Waals surface area (Å²) in [6, 6.07) is 1.70. The van der Waals surface area contributed by atoms with E-state index in [4.69, 9.17) is 4.74 Å². The van der Waals surface area contributed by atoms with E-state index in [9.17, 15) is 4.79 Å². The van der Waals surface area contributed by atoms with Gasteiger partial charge in [0, 0.05) is 25.2 Å². The van der Waals surface area contributed by atoms with Crippen molar-refractivity contribution in [1.29, 1.82) is 0 Å². The lowest BCUT2D eigenvalue weighted by atomic mass is 9.98. The molecule has 2 atom stereocenters. The van der Waals surface area contributed by atoms with E-state index in [-0.39, 0.29) is 24.4 Å². The summed E-state index contributed by atoms with van der Waals surface area (Å²) in [6.07, 6.45) is 5.50. The normalized spacial score (nSPS) is 29.2. The van der Waals surface area contributed by atoms with Gasteiger partial charge in [-0.25, -0.2) is 0 Å².